The molecule has 0 unspecified atom stereocenters. The molecule has 8 nitrogen and oxygen atoms in total. The Morgan fingerprint density at radius 2 is 2.05 bits per heavy atom. The predicted octanol–water partition coefficient (Wildman–Crippen LogP) is 0.0226. The molecule has 0 spiro atoms. The molecule has 1 aromatic heterocycles. The van der Waals surface area contributed by atoms with Crippen molar-refractivity contribution in [2.24, 2.45) is 0 Å². The number of rotatable bonds is 9. The van der Waals surface area contributed by atoms with Gasteiger partial charge in [0.2, 0.25) is 0 Å². The molecule has 2 amide bonds. The molecule has 21 heavy (non-hydrogen) atoms. The van der Waals surface area contributed by atoms with Crippen molar-refractivity contribution in [3.05, 3.63) is 18.2 Å². The average molecular weight is 295 g/mol. The van der Waals surface area contributed by atoms with Crippen LogP contribution >= 0.6 is 0 Å². The normalized spacial score (nSPS) is 13.9. The number of carboxylic acids is 1. The van der Waals surface area contributed by atoms with Crippen LogP contribution in [0.15, 0.2) is 12.5 Å². The van der Waals surface area contributed by atoms with Crippen LogP contribution in [-0.2, 0) is 6.54 Å². The van der Waals surface area contributed by atoms with Gasteiger partial charge in [-0.05, 0) is 25.8 Å². The molecule has 0 saturated heterocycles. The third-order valence-corrected chi connectivity index (χ3v) is 3.16. The molecule has 4 N–H and O–H groups in total. The molecule has 1 saturated carbocycles. The second kappa shape index (κ2) is 7.63. The van der Waals surface area contributed by atoms with Crippen molar-refractivity contribution in [2.45, 2.75) is 31.8 Å². The summed E-state index contributed by atoms with van der Waals surface area (Å²) in [5, 5.41) is 17.6. The SMILES string of the molecule is O=C(NCCCNC1CC1)NCCn1cnc(C(=O)O)c1. The summed E-state index contributed by atoms with van der Waals surface area (Å²) in [4.78, 5) is 25.9. The Labute approximate surface area is 122 Å². The molecule has 1 aliphatic carbocycles. The zero-order chi connectivity index (χ0) is 15.1. The Bertz CT molecular complexity index is 484. The van der Waals surface area contributed by atoms with Crippen molar-refractivity contribution in [3.8, 4) is 0 Å². The first-order valence-corrected chi connectivity index (χ1v) is 7.15. The molecule has 0 atom stereocenters. The van der Waals surface area contributed by atoms with Gasteiger partial charge in [0.1, 0.15) is 0 Å². The molecule has 1 heterocycles. The molecule has 1 aromatic rings. The average Bonchev–Trinajstić information content (AvgIpc) is 3.14. The number of amides is 2. The summed E-state index contributed by atoms with van der Waals surface area (Å²) in [5.41, 5.74) is 0.00242. The van der Waals surface area contributed by atoms with Gasteiger partial charge in [0.15, 0.2) is 5.69 Å². The number of aromatic nitrogens is 2. The van der Waals surface area contributed by atoms with Gasteiger partial charge in [-0.25, -0.2) is 14.6 Å². The predicted molar refractivity (Wildman–Crippen MR) is 76.2 cm³/mol. The summed E-state index contributed by atoms with van der Waals surface area (Å²) in [6.45, 7) is 2.47. The zero-order valence-corrected chi connectivity index (χ0v) is 11.8. The van der Waals surface area contributed by atoms with Crippen LogP contribution in [0.3, 0.4) is 0 Å². The summed E-state index contributed by atoms with van der Waals surface area (Å²) >= 11 is 0. The summed E-state index contributed by atoms with van der Waals surface area (Å²) in [7, 11) is 0. The molecule has 0 aromatic carbocycles. The van der Waals surface area contributed by atoms with Crippen LogP contribution in [-0.4, -0.2) is 52.3 Å². The third kappa shape index (κ3) is 5.82. The molecular formula is C13H21N5O3. The number of hydrogen-bond acceptors (Lipinski definition) is 4. The Kier molecular flexibility index (Phi) is 5.56. The lowest BCUT2D eigenvalue weighted by Crippen LogP contribution is -2.38. The van der Waals surface area contributed by atoms with E-state index in [0.717, 1.165) is 13.0 Å². The first kappa shape index (κ1) is 15.3. The summed E-state index contributed by atoms with van der Waals surface area (Å²) in [6, 6.07) is 0.490. The van der Waals surface area contributed by atoms with Gasteiger partial charge in [0.25, 0.3) is 0 Å². The van der Waals surface area contributed by atoms with Gasteiger partial charge < -0.3 is 25.6 Å². The van der Waals surface area contributed by atoms with E-state index in [2.05, 4.69) is 20.9 Å². The first-order chi connectivity index (χ1) is 10.1. The number of carbonyl (C=O) groups is 2. The van der Waals surface area contributed by atoms with E-state index in [9.17, 15) is 9.59 Å². The number of nitrogens with one attached hydrogen (secondary N) is 3. The Morgan fingerprint density at radius 3 is 2.71 bits per heavy atom. The molecule has 2 rings (SSSR count). The zero-order valence-electron chi connectivity index (χ0n) is 11.8. The largest absolute Gasteiger partial charge is 0.476 e. The molecule has 0 bridgehead atoms. The van der Waals surface area contributed by atoms with Gasteiger partial charge in [0.05, 0.1) is 6.33 Å². The fourth-order valence-corrected chi connectivity index (χ4v) is 1.84. The van der Waals surface area contributed by atoms with Gasteiger partial charge in [-0.1, -0.05) is 0 Å². The molecule has 8 heteroatoms. The van der Waals surface area contributed by atoms with Crippen LogP contribution in [0.4, 0.5) is 4.79 Å². The van der Waals surface area contributed by atoms with Crippen molar-refractivity contribution in [3.63, 3.8) is 0 Å². The lowest BCUT2D eigenvalue weighted by Gasteiger charge is -2.08. The minimum absolute atomic E-state index is 0.00242. The monoisotopic (exact) mass is 295 g/mol. The van der Waals surface area contributed by atoms with E-state index >= 15 is 0 Å². The van der Waals surface area contributed by atoms with Crippen LogP contribution in [0.25, 0.3) is 0 Å². The second-order valence-corrected chi connectivity index (χ2v) is 5.07. The van der Waals surface area contributed by atoms with Crippen molar-refractivity contribution < 1.29 is 14.7 Å². The highest BCUT2D eigenvalue weighted by Crippen LogP contribution is 2.18. The van der Waals surface area contributed by atoms with E-state index in [-0.39, 0.29) is 11.7 Å². The smallest absolute Gasteiger partial charge is 0.356 e. The van der Waals surface area contributed by atoms with E-state index in [1.165, 1.54) is 25.4 Å². The van der Waals surface area contributed by atoms with Crippen molar-refractivity contribution in [1.82, 2.24) is 25.5 Å². The van der Waals surface area contributed by atoms with Crippen molar-refractivity contribution in [1.29, 1.82) is 0 Å². The van der Waals surface area contributed by atoms with E-state index < -0.39 is 5.97 Å². The van der Waals surface area contributed by atoms with E-state index in [1.807, 2.05) is 0 Å². The van der Waals surface area contributed by atoms with Crippen LogP contribution in [0, 0.1) is 0 Å². The number of aromatic carboxylic acids is 1. The number of imidazole rings is 1. The number of nitrogens with zero attached hydrogens (tertiary/aromatic N) is 2. The van der Waals surface area contributed by atoms with Gasteiger partial charge in [-0.15, -0.1) is 0 Å². The van der Waals surface area contributed by atoms with Crippen LogP contribution in [0.1, 0.15) is 29.8 Å². The Balaban J connectivity index is 1.50. The fraction of sp³-hybridized carbons (Fsp3) is 0.615. The highest BCUT2D eigenvalue weighted by molar-refractivity contribution is 5.84. The summed E-state index contributed by atoms with van der Waals surface area (Å²) < 4.78 is 1.63. The lowest BCUT2D eigenvalue weighted by atomic mass is 10.4. The van der Waals surface area contributed by atoms with Crippen LogP contribution in [0.5, 0.6) is 0 Å². The molecule has 1 fully saturated rings. The molecule has 0 aliphatic heterocycles. The molecular weight excluding hydrogens is 274 g/mol. The van der Waals surface area contributed by atoms with E-state index in [1.54, 1.807) is 4.57 Å². The number of carbonyl (C=O) groups excluding carboxylic acids is 1. The van der Waals surface area contributed by atoms with Gasteiger partial charge in [-0.3, -0.25) is 0 Å². The maximum atomic E-state index is 11.5. The van der Waals surface area contributed by atoms with Gasteiger partial charge in [-0.2, -0.15) is 0 Å². The highest BCUT2D eigenvalue weighted by Gasteiger charge is 2.19. The topological polar surface area (TPSA) is 108 Å². The first-order valence-electron chi connectivity index (χ1n) is 7.15. The maximum absolute atomic E-state index is 11.5. The van der Waals surface area contributed by atoms with Crippen LogP contribution in [0.2, 0.25) is 0 Å². The van der Waals surface area contributed by atoms with Crippen molar-refractivity contribution in [2.75, 3.05) is 19.6 Å². The summed E-state index contributed by atoms with van der Waals surface area (Å²) in [6.07, 6.45) is 6.32. The van der Waals surface area contributed by atoms with E-state index in [0.29, 0.717) is 25.7 Å². The quantitative estimate of drug-likeness (QED) is 0.480. The minimum atomic E-state index is -1.06. The molecule has 116 valence electrons. The molecule has 0 radical (unpaired) electrons. The fourth-order valence-electron chi connectivity index (χ4n) is 1.84. The Morgan fingerprint density at radius 1 is 1.29 bits per heavy atom. The van der Waals surface area contributed by atoms with Gasteiger partial charge in [0, 0.05) is 31.9 Å². The summed E-state index contributed by atoms with van der Waals surface area (Å²) in [5.74, 6) is -1.06. The lowest BCUT2D eigenvalue weighted by molar-refractivity contribution is 0.0691. The number of urea groups is 1. The second-order valence-electron chi connectivity index (χ2n) is 5.07. The maximum Gasteiger partial charge on any atom is 0.356 e. The Hall–Kier alpha value is -2.09. The van der Waals surface area contributed by atoms with Gasteiger partial charge >= 0.3 is 12.0 Å². The van der Waals surface area contributed by atoms with E-state index in [4.69, 9.17) is 5.11 Å². The van der Waals surface area contributed by atoms with Crippen molar-refractivity contribution >= 4 is 12.0 Å². The third-order valence-electron chi connectivity index (χ3n) is 3.16. The molecule has 1 aliphatic rings. The van der Waals surface area contributed by atoms with Crippen LogP contribution < -0.4 is 16.0 Å². The number of hydrogen-bond donors (Lipinski definition) is 4. The number of carboxylic acid groups (broad SMARTS) is 1. The minimum Gasteiger partial charge on any atom is -0.476 e. The highest BCUT2D eigenvalue weighted by atomic mass is 16.4. The standard InChI is InChI=1S/C13H21N5O3/c19-12(20)11-8-18(9-17-11)7-6-16-13(21)15-5-1-4-14-10-2-3-10/h8-10,14H,1-7H2,(H,19,20)(H2,15,16,21).